The van der Waals surface area contributed by atoms with E-state index >= 15 is 0 Å². The summed E-state index contributed by atoms with van der Waals surface area (Å²) in [7, 11) is 0. The van der Waals surface area contributed by atoms with Crippen molar-refractivity contribution in [1.29, 1.82) is 0 Å². The first kappa shape index (κ1) is 24.5. The largest absolute Gasteiger partial charge is 0.452 e. The Labute approximate surface area is 251 Å². The minimum atomic E-state index is 0.622. The quantitative estimate of drug-likeness (QED) is 0.211. The lowest BCUT2D eigenvalue weighted by atomic mass is 10.1. The predicted molar refractivity (Wildman–Crippen MR) is 174 cm³/mol. The molecule has 6 heteroatoms. The molecular weight excluding hydrogens is 544 g/mol. The van der Waals surface area contributed by atoms with Crippen LogP contribution in [0.15, 0.2) is 142 Å². The molecule has 0 radical (unpaired) electrons. The normalized spacial score (nSPS) is 11.6. The van der Waals surface area contributed by atoms with Crippen LogP contribution in [0.25, 0.3) is 89.4 Å². The summed E-state index contributed by atoms with van der Waals surface area (Å²) < 4.78 is 12.5. The second-order valence-corrected chi connectivity index (χ2v) is 10.7. The smallest absolute Gasteiger partial charge is 0.180 e. The van der Waals surface area contributed by atoms with Crippen LogP contribution >= 0.6 is 0 Å². The van der Waals surface area contributed by atoms with Crippen LogP contribution in [0.5, 0.6) is 0 Å². The first-order valence-electron chi connectivity index (χ1n) is 14.4. The lowest BCUT2D eigenvalue weighted by molar-refractivity contribution is 0.667. The monoisotopic (exact) mass is 566 g/mol. The number of furan rings is 2. The van der Waals surface area contributed by atoms with Gasteiger partial charge in [0.15, 0.2) is 22.8 Å². The molecule has 0 amide bonds. The molecule has 0 unspecified atom stereocenters. The Morgan fingerprint density at radius 2 is 0.727 bits per heavy atom. The number of fused-ring (bicyclic) bond motifs is 6. The second-order valence-electron chi connectivity index (χ2n) is 10.7. The van der Waals surface area contributed by atoms with E-state index < -0.39 is 0 Å². The molecule has 5 aromatic carbocycles. The van der Waals surface area contributed by atoms with Gasteiger partial charge in [-0.05, 0) is 24.3 Å². The third kappa shape index (κ3) is 3.89. The summed E-state index contributed by atoms with van der Waals surface area (Å²) in [6.07, 6.45) is 0. The molecule has 0 aliphatic carbocycles. The number of aromatic nitrogens is 4. The molecular formula is C38H22N4O2. The van der Waals surface area contributed by atoms with Crippen molar-refractivity contribution >= 4 is 44.1 Å². The molecule has 4 aromatic heterocycles. The number of hydrogen-bond donors (Lipinski definition) is 0. The van der Waals surface area contributed by atoms with E-state index in [0.717, 1.165) is 66.6 Å². The van der Waals surface area contributed by atoms with E-state index in [9.17, 15) is 0 Å². The second kappa shape index (κ2) is 9.71. The molecule has 0 N–H and O–H groups in total. The maximum atomic E-state index is 6.26. The van der Waals surface area contributed by atoms with Crippen molar-refractivity contribution in [3.63, 3.8) is 0 Å². The van der Waals surface area contributed by atoms with Gasteiger partial charge in [0.2, 0.25) is 0 Å². The van der Waals surface area contributed by atoms with Gasteiger partial charge in [-0.2, -0.15) is 0 Å². The number of para-hydroxylation sites is 2. The van der Waals surface area contributed by atoms with E-state index in [0.29, 0.717) is 22.8 Å². The van der Waals surface area contributed by atoms with Crippen molar-refractivity contribution in [2.45, 2.75) is 0 Å². The molecule has 0 aliphatic rings. The van der Waals surface area contributed by atoms with Gasteiger partial charge in [0.05, 0.1) is 0 Å². The van der Waals surface area contributed by atoms with E-state index in [1.165, 1.54) is 0 Å². The van der Waals surface area contributed by atoms with Gasteiger partial charge in [0.1, 0.15) is 33.6 Å². The average Bonchev–Trinajstić information content (AvgIpc) is 3.67. The van der Waals surface area contributed by atoms with E-state index in [1.54, 1.807) is 0 Å². The first-order valence-corrected chi connectivity index (χ1v) is 14.4. The maximum absolute atomic E-state index is 6.26. The summed E-state index contributed by atoms with van der Waals surface area (Å²) in [5.74, 6) is 1.24. The lowest BCUT2D eigenvalue weighted by Gasteiger charge is -2.08. The molecule has 4 heterocycles. The van der Waals surface area contributed by atoms with Crippen LogP contribution in [0.4, 0.5) is 0 Å². The fraction of sp³-hybridized carbons (Fsp3) is 0. The van der Waals surface area contributed by atoms with Crippen molar-refractivity contribution in [3.05, 3.63) is 133 Å². The Bertz CT molecular complexity index is 2310. The summed E-state index contributed by atoms with van der Waals surface area (Å²) in [6, 6.07) is 44.2. The van der Waals surface area contributed by atoms with Gasteiger partial charge in [-0.15, -0.1) is 0 Å². The van der Waals surface area contributed by atoms with Crippen molar-refractivity contribution in [1.82, 2.24) is 19.9 Å². The highest BCUT2D eigenvalue weighted by Crippen LogP contribution is 2.37. The van der Waals surface area contributed by atoms with Crippen molar-refractivity contribution in [3.8, 4) is 45.3 Å². The molecule has 44 heavy (non-hydrogen) atoms. The molecule has 0 bridgehead atoms. The fourth-order valence-electron chi connectivity index (χ4n) is 5.79. The predicted octanol–water partition coefficient (Wildman–Crippen LogP) is 9.73. The highest BCUT2D eigenvalue weighted by molar-refractivity contribution is 6.08. The highest BCUT2D eigenvalue weighted by Gasteiger charge is 2.20. The third-order valence-electron chi connectivity index (χ3n) is 7.94. The molecule has 0 fully saturated rings. The molecule has 0 saturated heterocycles. The molecule has 6 nitrogen and oxygen atoms in total. The van der Waals surface area contributed by atoms with E-state index in [-0.39, 0.29) is 0 Å². The lowest BCUT2D eigenvalue weighted by Crippen LogP contribution is -1.95. The van der Waals surface area contributed by atoms with Crippen LogP contribution in [0.1, 0.15) is 0 Å². The minimum absolute atomic E-state index is 0.622. The van der Waals surface area contributed by atoms with E-state index in [1.807, 2.05) is 133 Å². The summed E-state index contributed by atoms with van der Waals surface area (Å²) in [5.41, 5.74) is 9.76. The number of benzene rings is 5. The van der Waals surface area contributed by atoms with Gasteiger partial charge in [0.25, 0.3) is 0 Å². The van der Waals surface area contributed by atoms with Crippen LogP contribution < -0.4 is 0 Å². The zero-order valence-corrected chi connectivity index (χ0v) is 23.3. The number of rotatable bonds is 4. The topological polar surface area (TPSA) is 77.8 Å². The van der Waals surface area contributed by atoms with Crippen LogP contribution in [0.2, 0.25) is 0 Å². The molecule has 0 saturated carbocycles. The number of hydrogen-bond acceptors (Lipinski definition) is 6. The highest BCUT2D eigenvalue weighted by atomic mass is 16.3. The van der Waals surface area contributed by atoms with Crippen molar-refractivity contribution < 1.29 is 8.83 Å². The summed E-state index contributed by atoms with van der Waals surface area (Å²) in [4.78, 5) is 20.0. The summed E-state index contributed by atoms with van der Waals surface area (Å²) >= 11 is 0. The van der Waals surface area contributed by atoms with Gasteiger partial charge < -0.3 is 8.83 Å². The molecule has 206 valence electrons. The third-order valence-corrected chi connectivity index (χ3v) is 7.94. The first-order chi connectivity index (χ1) is 21.8. The minimum Gasteiger partial charge on any atom is -0.452 e. The van der Waals surface area contributed by atoms with Crippen molar-refractivity contribution in [2.24, 2.45) is 0 Å². The Morgan fingerprint density at radius 3 is 1.16 bits per heavy atom. The molecule has 0 atom stereocenters. The van der Waals surface area contributed by atoms with E-state index in [4.69, 9.17) is 28.8 Å². The van der Waals surface area contributed by atoms with Gasteiger partial charge in [-0.3, -0.25) is 0 Å². The van der Waals surface area contributed by atoms with Gasteiger partial charge in [0, 0.05) is 33.0 Å². The average molecular weight is 567 g/mol. The van der Waals surface area contributed by atoms with Crippen LogP contribution in [0.3, 0.4) is 0 Å². The molecule has 0 aliphatic heterocycles. The summed E-state index contributed by atoms with van der Waals surface area (Å²) in [5, 5.41) is 1.92. The standard InChI is InChI=1S/C38H22N4O2/c1-3-11-23(12-4-1)31-35-33(27-15-7-9-17-29(27)43-35)41-37(39-31)25-19-21-26(22-20-25)38-40-32(24-13-5-2-6-14-24)36-34(42-38)28-16-8-10-18-30(28)44-36/h1-22H. The van der Waals surface area contributed by atoms with Crippen LogP contribution in [0, 0.1) is 0 Å². The Balaban J connectivity index is 1.20. The SMILES string of the molecule is c1ccc(-c2nc(-c3ccc(-c4nc(-c5ccccc5)c5oc6ccccc6c5n4)cc3)nc3c2oc2ccccc23)cc1. The summed E-state index contributed by atoms with van der Waals surface area (Å²) in [6.45, 7) is 0. The fourth-order valence-corrected chi connectivity index (χ4v) is 5.79. The van der Waals surface area contributed by atoms with Crippen LogP contribution in [-0.4, -0.2) is 19.9 Å². The van der Waals surface area contributed by atoms with Gasteiger partial charge in [-0.1, -0.05) is 109 Å². The Kier molecular flexibility index (Phi) is 5.40. The Morgan fingerprint density at radius 1 is 0.341 bits per heavy atom. The van der Waals surface area contributed by atoms with Crippen molar-refractivity contribution in [2.75, 3.05) is 0 Å². The van der Waals surface area contributed by atoms with Gasteiger partial charge >= 0.3 is 0 Å². The van der Waals surface area contributed by atoms with Gasteiger partial charge in [-0.25, -0.2) is 19.9 Å². The van der Waals surface area contributed by atoms with Crippen LogP contribution in [-0.2, 0) is 0 Å². The molecule has 9 aromatic rings. The maximum Gasteiger partial charge on any atom is 0.180 e. The molecule has 9 rings (SSSR count). The Hall–Kier alpha value is -6.14. The zero-order chi connectivity index (χ0) is 29.0. The zero-order valence-electron chi connectivity index (χ0n) is 23.3. The number of nitrogens with zero attached hydrogens (tertiary/aromatic N) is 4. The molecule has 0 spiro atoms. The van der Waals surface area contributed by atoms with E-state index in [2.05, 4.69) is 0 Å².